The summed E-state index contributed by atoms with van der Waals surface area (Å²) in [6, 6.07) is 3.45. The van der Waals surface area contributed by atoms with Gasteiger partial charge in [0.15, 0.2) is 15.9 Å². The first kappa shape index (κ1) is 41.1. The summed E-state index contributed by atoms with van der Waals surface area (Å²) < 4.78 is 37.1. The van der Waals surface area contributed by atoms with E-state index in [4.69, 9.17) is 9.47 Å². The van der Waals surface area contributed by atoms with Crippen molar-refractivity contribution in [3.05, 3.63) is 29.8 Å². The highest BCUT2D eigenvalue weighted by molar-refractivity contribution is 7.91. The van der Waals surface area contributed by atoms with Crippen molar-refractivity contribution in [1.29, 1.82) is 0 Å². The first-order valence-corrected chi connectivity index (χ1v) is 20.3. The first-order valence-electron chi connectivity index (χ1n) is 18.7. The Hall–Kier alpha value is -3.68. The van der Waals surface area contributed by atoms with Gasteiger partial charge in [-0.2, -0.15) is 0 Å². The van der Waals surface area contributed by atoms with Gasteiger partial charge in [0.05, 0.1) is 10.9 Å². The van der Waals surface area contributed by atoms with Crippen molar-refractivity contribution in [2.75, 3.05) is 12.4 Å². The third-order valence-corrected chi connectivity index (χ3v) is 12.1. The largest absolute Gasteiger partial charge is 0.450 e. The van der Waals surface area contributed by atoms with Crippen molar-refractivity contribution >= 4 is 39.6 Å². The van der Waals surface area contributed by atoms with Crippen LogP contribution >= 0.6 is 0 Å². The quantitative estimate of drug-likeness (QED) is 0.338. The molecule has 0 bridgehead atoms. The Kier molecular flexibility index (Phi) is 13.4. The number of fused-ring (bicyclic) bond motifs is 3. The standard InChI is InChI=1S/C38H58N4O9S/c1-24-18-20-26(21-19-24)52(48,49)23-39-34(45)32(50-25(2)43)28-16-14-12-10-8-9-11-13-15-17-29(41-36(47)51-37(3,4)5)35(46)42-22-27-30(38(27,6)7)31(42)33(44)40-28/h18-21,27-32H,8-17,22-23H2,1-7H3,(H,39,45)(H,40,44)(H,41,47)/t27?,28-,29-,30?,31-,32?/m0/s1. The molecule has 1 saturated carbocycles. The molecule has 6 atom stereocenters. The Bertz CT molecular complexity index is 1570. The maximum atomic E-state index is 14.4. The highest BCUT2D eigenvalue weighted by atomic mass is 32.2. The summed E-state index contributed by atoms with van der Waals surface area (Å²) in [6.07, 6.45) is 5.37. The number of carbonyl (C=O) groups is 5. The molecular weight excluding hydrogens is 689 g/mol. The van der Waals surface area contributed by atoms with Crippen LogP contribution in [0.2, 0.25) is 0 Å². The Morgan fingerprint density at radius 2 is 1.54 bits per heavy atom. The van der Waals surface area contributed by atoms with E-state index in [1.165, 1.54) is 12.1 Å². The molecule has 3 N–H and O–H groups in total. The lowest BCUT2D eigenvalue weighted by molar-refractivity contribution is -0.157. The number of hydrogen-bond donors (Lipinski definition) is 3. The number of piperidine rings is 1. The third-order valence-electron chi connectivity index (χ3n) is 10.6. The molecule has 0 aromatic heterocycles. The molecule has 1 aromatic rings. The van der Waals surface area contributed by atoms with Crippen molar-refractivity contribution < 1.29 is 41.9 Å². The Morgan fingerprint density at radius 1 is 0.962 bits per heavy atom. The Balaban J connectivity index is 1.61. The fraction of sp³-hybridized carbons (Fsp3) is 0.711. The SMILES string of the molecule is CC(=O)OC(C(=O)NCS(=O)(=O)c1ccc(C)cc1)[C@@H]1CCCCCCCCCC[C@H](NC(=O)OC(C)(C)C)C(=O)N2CC3C([C@H]2C(=O)N1)C3(C)C. The van der Waals surface area contributed by atoms with Gasteiger partial charge in [-0.05, 0) is 69.9 Å². The molecule has 14 heteroatoms. The maximum Gasteiger partial charge on any atom is 0.408 e. The van der Waals surface area contributed by atoms with Gasteiger partial charge in [0.25, 0.3) is 5.91 Å². The van der Waals surface area contributed by atoms with Crippen LogP contribution in [0.25, 0.3) is 0 Å². The van der Waals surface area contributed by atoms with E-state index in [9.17, 15) is 32.4 Å². The van der Waals surface area contributed by atoms with E-state index in [1.54, 1.807) is 37.8 Å². The Labute approximate surface area is 308 Å². The smallest absolute Gasteiger partial charge is 0.408 e. The number of benzene rings is 1. The lowest BCUT2D eigenvalue weighted by Crippen LogP contribution is -2.59. The molecular formula is C38H58N4O9S. The number of ether oxygens (including phenoxy) is 2. The van der Waals surface area contributed by atoms with Crippen LogP contribution in [0, 0.1) is 24.2 Å². The minimum absolute atomic E-state index is 0.0308. The number of alkyl carbamates (subject to hydrolysis) is 1. The van der Waals surface area contributed by atoms with Crippen LogP contribution < -0.4 is 16.0 Å². The molecule has 1 aliphatic carbocycles. The van der Waals surface area contributed by atoms with Crippen LogP contribution in [-0.4, -0.2) is 85.4 Å². The van der Waals surface area contributed by atoms with E-state index in [1.807, 2.05) is 6.92 Å². The number of amides is 4. The highest BCUT2D eigenvalue weighted by Crippen LogP contribution is 2.65. The van der Waals surface area contributed by atoms with Crippen LogP contribution in [0.3, 0.4) is 0 Å². The third kappa shape index (κ3) is 10.7. The van der Waals surface area contributed by atoms with Crippen LogP contribution in [0.4, 0.5) is 4.79 Å². The molecule has 2 saturated heterocycles. The van der Waals surface area contributed by atoms with Gasteiger partial charge in [-0.25, -0.2) is 13.2 Å². The van der Waals surface area contributed by atoms with Gasteiger partial charge >= 0.3 is 12.1 Å². The molecule has 3 fully saturated rings. The fourth-order valence-corrected chi connectivity index (χ4v) is 8.70. The number of sulfone groups is 1. The average Bonchev–Trinajstić information content (AvgIpc) is 3.35. The van der Waals surface area contributed by atoms with E-state index in [0.29, 0.717) is 19.4 Å². The van der Waals surface area contributed by atoms with Gasteiger partial charge in [0, 0.05) is 13.5 Å². The summed E-state index contributed by atoms with van der Waals surface area (Å²) in [5.74, 6) is -3.33. The average molecular weight is 747 g/mol. The van der Waals surface area contributed by atoms with Crippen molar-refractivity contribution in [2.24, 2.45) is 17.3 Å². The molecule has 0 radical (unpaired) electrons. The topological polar surface area (TPSA) is 177 Å². The molecule has 2 heterocycles. The van der Waals surface area contributed by atoms with Crippen molar-refractivity contribution in [2.45, 2.75) is 147 Å². The van der Waals surface area contributed by atoms with E-state index in [-0.39, 0.29) is 34.5 Å². The van der Waals surface area contributed by atoms with E-state index in [0.717, 1.165) is 57.4 Å². The molecule has 4 rings (SSSR count). The summed E-state index contributed by atoms with van der Waals surface area (Å²) in [5, 5.41) is 8.18. The minimum Gasteiger partial charge on any atom is -0.450 e. The number of esters is 1. The van der Waals surface area contributed by atoms with E-state index < -0.39 is 69.4 Å². The lowest BCUT2D eigenvalue weighted by atomic mass is 9.97. The van der Waals surface area contributed by atoms with Gasteiger partial charge in [0.1, 0.15) is 23.6 Å². The van der Waals surface area contributed by atoms with Crippen LogP contribution in [-0.2, 0) is 38.5 Å². The summed E-state index contributed by atoms with van der Waals surface area (Å²) >= 11 is 0. The number of nitrogens with zero attached hydrogens (tertiary/aromatic N) is 1. The van der Waals surface area contributed by atoms with Crippen LogP contribution in [0.5, 0.6) is 0 Å². The molecule has 1 aromatic carbocycles. The summed E-state index contributed by atoms with van der Waals surface area (Å²) in [5.41, 5.74) is -0.114. The van der Waals surface area contributed by atoms with Crippen molar-refractivity contribution in [1.82, 2.24) is 20.9 Å². The van der Waals surface area contributed by atoms with Gasteiger partial charge in [-0.1, -0.05) is 82.9 Å². The molecule has 3 aliphatic rings. The highest BCUT2D eigenvalue weighted by Gasteiger charge is 2.69. The zero-order valence-corrected chi connectivity index (χ0v) is 32.6. The van der Waals surface area contributed by atoms with Crippen LogP contribution in [0.1, 0.15) is 111 Å². The summed E-state index contributed by atoms with van der Waals surface area (Å²) in [4.78, 5) is 69.2. The van der Waals surface area contributed by atoms with Gasteiger partial charge in [-0.15, -0.1) is 0 Å². The maximum absolute atomic E-state index is 14.4. The number of carbonyl (C=O) groups excluding carboxylic acids is 5. The predicted molar refractivity (Wildman–Crippen MR) is 194 cm³/mol. The second-order valence-electron chi connectivity index (χ2n) is 16.3. The number of hydrogen-bond acceptors (Lipinski definition) is 9. The summed E-state index contributed by atoms with van der Waals surface area (Å²) in [6.45, 7) is 12.7. The summed E-state index contributed by atoms with van der Waals surface area (Å²) in [7, 11) is -3.92. The normalized spacial score (nSPS) is 26.4. The zero-order chi connectivity index (χ0) is 38.4. The Morgan fingerprint density at radius 3 is 2.12 bits per heavy atom. The van der Waals surface area contributed by atoms with Crippen molar-refractivity contribution in [3.8, 4) is 0 Å². The predicted octanol–water partition coefficient (Wildman–Crippen LogP) is 4.55. The monoisotopic (exact) mass is 746 g/mol. The van der Waals surface area contributed by atoms with Gasteiger partial charge in [-0.3, -0.25) is 19.2 Å². The molecule has 3 unspecified atom stereocenters. The molecule has 52 heavy (non-hydrogen) atoms. The van der Waals surface area contributed by atoms with E-state index >= 15 is 0 Å². The molecule has 13 nitrogen and oxygen atoms in total. The minimum atomic E-state index is -3.92. The van der Waals surface area contributed by atoms with E-state index in [2.05, 4.69) is 29.8 Å². The lowest BCUT2D eigenvalue weighted by Gasteiger charge is -2.35. The number of nitrogens with one attached hydrogen (secondary N) is 3. The second-order valence-corrected chi connectivity index (χ2v) is 18.2. The number of aryl methyl sites for hydroxylation is 1. The van der Waals surface area contributed by atoms with Gasteiger partial charge < -0.3 is 30.3 Å². The number of rotatable bonds is 7. The first-order chi connectivity index (χ1) is 24.3. The van der Waals surface area contributed by atoms with Crippen molar-refractivity contribution in [3.63, 3.8) is 0 Å². The molecule has 4 amide bonds. The second kappa shape index (κ2) is 17.0. The zero-order valence-electron chi connectivity index (χ0n) is 31.8. The molecule has 0 spiro atoms. The van der Waals surface area contributed by atoms with Gasteiger partial charge in [0.2, 0.25) is 11.8 Å². The molecule has 290 valence electrons. The molecule has 2 aliphatic heterocycles. The van der Waals surface area contributed by atoms with Crippen LogP contribution in [0.15, 0.2) is 29.2 Å². The fourth-order valence-electron chi connectivity index (χ4n) is 7.65.